The number of nitrogens with one attached hydrogen (secondary N) is 1. The van der Waals surface area contributed by atoms with Crippen LogP contribution in [0.15, 0.2) is 36.7 Å². The average molecular weight is 303 g/mol. The van der Waals surface area contributed by atoms with E-state index in [2.05, 4.69) is 10.4 Å². The summed E-state index contributed by atoms with van der Waals surface area (Å²) in [5.74, 6) is -0.440. The summed E-state index contributed by atoms with van der Waals surface area (Å²) in [5.41, 5.74) is 1.13. The van der Waals surface area contributed by atoms with Crippen molar-refractivity contribution in [1.29, 1.82) is 0 Å². The van der Waals surface area contributed by atoms with Gasteiger partial charge in [-0.05, 0) is 30.7 Å². The van der Waals surface area contributed by atoms with Gasteiger partial charge >= 0.3 is 5.97 Å². The molecule has 116 valence electrons. The molecular weight excluding hydrogens is 286 g/mol. The van der Waals surface area contributed by atoms with Crippen molar-refractivity contribution in [3.05, 3.63) is 42.2 Å². The number of hydrogen-bond acceptors (Lipinski definition) is 4. The smallest absolute Gasteiger partial charge is 0.303 e. The van der Waals surface area contributed by atoms with Crippen LogP contribution >= 0.6 is 0 Å². The molecular formula is C15H17N3O4. The van der Waals surface area contributed by atoms with E-state index in [1.54, 1.807) is 42.2 Å². The first-order valence-electron chi connectivity index (χ1n) is 6.79. The van der Waals surface area contributed by atoms with Crippen LogP contribution in [-0.2, 0) is 11.8 Å². The van der Waals surface area contributed by atoms with Gasteiger partial charge in [-0.25, -0.2) is 0 Å². The van der Waals surface area contributed by atoms with Gasteiger partial charge in [-0.2, -0.15) is 5.10 Å². The van der Waals surface area contributed by atoms with Crippen molar-refractivity contribution in [1.82, 2.24) is 9.78 Å². The van der Waals surface area contributed by atoms with E-state index in [9.17, 15) is 9.59 Å². The number of anilines is 1. The van der Waals surface area contributed by atoms with Crippen LogP contribution < -0.4 is 10.1 Å². The first-order chi connectivity index (χ1) is 10.5. The van der Waals surface area contributed by atoms with E-state index in [0.29, 0.717) is 30.0 Å². The highest BCUT2D eigenvalue weighted by Gasteiger charge is 2.08. The summed E-state index contributed by atoms with van der Waals surface area (Å²) in [4.78, 5) is 22.3. The van der Waals surface area contributed by atoms with Gasteiger partial charge in [0.15, 0.2) is 0 Å². The first kappa shape index (κ1) is 15.6. The minimum atomic E-state index is -0.836. The minimum Gasteiger partial charge on any atom is -0.494 e. The molecule has 0 spiro atoms. The molecule has 0 aliphatic heterocycles. The number of carboxylic acid groups (broad SMARTS) is 1. The van der Waals surface area contributed by atoms with E-state index in [-0.39, 0.29) is 12.3 Å². The summed E-state index contributed by atoms with van der Waals surface area (Å²) in [6, 6.07) is 6.89. The summed E-state index contributed by atoms with van der Waals surface area (Å²) < 4.78 is 6.97. The Morgan fingerprint density at radius 3 is 2.64 bits per heavy atom. The molecule has 22 heavy (non-hydrogen) atoms. The molecule has 0 radical (unpaired) electrons. The molecule has 0 saturated carbocycles. The van der Waals surface area contributed by atoms with Crippen LogP contribution in [0.1, 0.15) is 23.2 Å². The van der Waals surface area contributed by atoms with Crippen molar-refractivity contribution in [2.45, 2.75) is 12.8 Å². The second kappa shape index (κ2) is 7.26. The van der Waals surface area contributed by atoms with Crippen molar-refractivity contribution in [3.63, 3.8) is 0 Å². The van der Waals surface area contributed by atoms with Gasteiger partial charge < -0.3 is 15.2 Å². The van der Waals surface area contributed by atoms with Gasteiger partial charge in [-0.1, -0.05) is 0 Å². The maximum Gasteiger partial charge on any atom is 0.303 e. The highest BCUT2D eigenvalue weighted by Crippen LogP contribution is 2.16. The lowest BCUT2D eigenvalue weighted by Crippen LogP contribution is -2.11. The second-order valence-electron chi connectivity index (χ2n) is 4.73. The number of benzene rings is 1. The highest BCUT2D eigenvalue weighted by atomic mass is 16.5. The van der Waals surface area contributed by atoms with Gasteiger partial charge in [-0.15, -0.1) is 0 Å². The van der Waals surface area contributed by atoms with Gasteiger partial charge in [0.1, 0.15) is 5.75 Å². The maximum atomic E-state index is 11.9. The lowest BCUT2D eigenvalue weighted by Gasteiger charge is -2.07. The molecule has 1 heterocycles. The zero-order chi connectivity index (χ0) is 15.9. The lowest BCUT2D eigenvalue weighted by molar-refractivity contribution is -0.137. The summed E-state index contributed by atoms with van der Waals surface area (Å²) in [5, 5.41) is 15.2. The fourth-order valence-corrected chi connectivity index (χ4v) is 1.79. The molecule has 0 aliphatic carbocycles. The predicted octanol–water partition coefficient (Wildman–Crippen LogP) is 1.92. The molecule has 0 saturated heterocycles. The Bertz CT molecular complexity index is 649. The Labute approximate surface area is 127 Å². The summed E-state index contributed by atoms with van der Waals surface area (Å²) in [7, 11) is 1.74. The number of ether oxygens (including phenoxy) is 1. The third kappa shape index (κ3) is 4.62. The fraction of sp³-hybridized carbons (Fsp3) is 0.267. The summed E-state index contributed by atoms with van der Waals surface area (Å²) >= 11 is 0. The van der Waals surface area contributed by atoms with Crippen molar-refractivity contribution >= 4 is 17.6 Å². The number of aromatic nitrogens is 2. The predicted molar refractivity (Wildman–Crippen MR) is 80.0 cm³/mol. The van der Waals surface area contributed by atoms with E-state index >= 15 is 0 Å². The molecule has 2 aromatic rings. The maximum absolute atomic E-state index is 11.9. The average Bonchev–Trinajstić information content (AvgIpc) is 2.92. The molecule has 7 heteroatoms. The van der Waals surface area contributed by atoms with E-state index in [1.165, 1.54) is 6.20 Å². The number of carbonyl (C=O) groups excluding carboxylic acids is 1. The quantitative estimate of drug-likeness (QED) is 0.762. The van der Waals surface area contributed by atoms with Crippen LogP contribution in [-0.4, -0.2) is 33.4 Å². The summed E-state index contributed by atoms with van der Waals surface area (Å²) in [6.07, 6.45) is 3.67. The number of nitrogens with zero attached hydrogens (tertiary/aromatic N) is 2. The monoisotopic (exact) mass is 303 g/mol. The third-order valence-electron chi connectivity index (χ3n) is 2.88. The number of rotatable bonds is 7. The Kier molecular flexibility index (Phi) is 5.13. The van der Waals surface area contributed by atoms with Gasteiger partial charge in [0.25, 0.3) is 5.91 Å². The van der Waals surface area contributed by atoms with Gasteiger partial charge in [0, 0.05) is 25.4 Å². The van der Waals surface area contributed by atoms with E-state index in [4.69, 9.17) is 9.84 Å². The van der Waals surface area contributed by atoms with Crippen molar-refractivity contribution < 1.29 is 19.4 Å². The van der Waals surface area contributed by atoms with Crippen LogP contribution in [0.4, 0.5) is 5.69 Å². The van der Waals surface area contributed by atoms with Gasteiger partial charge in [0.2, 0.25) is 0 Å². The highest BCUT2D eigenvalue weighted by molar-refractivity contribution is 6.03. The van der Waals surface area contributed by atoms with Crippen molar-refractivity contribution in [2.75, 3.05) is 11.9 Å². The van der Waals surface area contributed by atoms with Crippen LogP contribution in [0.3, 0.4) is 0 Å². The molecule has 0 fully saturated rings. The van der Waals surface area contributed by atoms with Crippen molar-refractivity contribution in [2.24, 2.45) is 7.05 Å². The second-order valence-corrected chi connectivity index (χ2v) is 4.73. The minimum absolute atomic E-state index is 0.0826. The Morgan fingerprint density at radius 2 is 2.05 bits per heavy atom. The Balaban J connectivity index is 1.84. The largest absolute Gasteiger partial charge is 0.494 e. The topological polar surface area (TPSA) is 93.5 Å². The van der Waals surface area contributed by atoms with Crippen LogP contribution in [0.5, 0.6) is 5.75 Å². The molecule has 7 nitrogen and oxygen atoms in total. The van der Waals surface area contributed by atoms with E-state index in [0.717, 1.165) is 0 Å². The number of carboxylic acids is 1. The van der Waals surface area contributed by atoms with Crippen LogP contribution in [0, 0.1) is 0 Å². The van der Waals surface area contributed by atoms with Crippen LogP contribution in [0.2, 0.25) is 0 Å². The normalized spacial score (nSPS) is 10.2. The first-order valence-corrected chi connectivity index (χ1v) is 6.79. The Hall–Kier alpha value is -2.83. The SMILES string of the molecule is Cn1cc(C(=O)Nc2ccc(OCCCC(=O)O)cc2)cn1. The van der Waals surface area contributed by atoms with Gasteiger partial charge in [0.05, 0.1) is 18.4 Å². The standard InChI is InChI=1S/C15H17N3O4/c1-18-10-11(9-16-18)15(21)17-12-4-6-13(7-5-12)22-8-2-3-14(19)20/h4-7,9-10H,2-3,8H2,1H3,(H,17,21)(H,19,20). The Morgan fingerprint density at radius 1 is 1.32 bits per heavy atom. The lowest BCUT2D eigenvalue weighted by atomic mass is 10.2. The molecule has 2 N–H and O–H groups in total. The molecule has 0 bridgehead atoms. The summed E-state index contributed by atoms with van der Waals surface area (Å²) in [6.45, 7) is 0.341. The zero-order valence-corrected chi connectivity index (χ0v) is 12.2. The number of hydrogen-bond donors (Lipinski definition) is 2. The number of carbonyl (C=O) groups is 2. The molecule has 2 rings (SSSR count). The number of aliphatic carboxylic acids is 1. The van der Waals surface area contributed by atoms with E-state index < -0.39 is 5.97 Å². The molecule has 0 aliphatic rings. The number of amides is 1. The number of aryl methyl sites for hydroxylation is 1. The molecule has 1 amide bonds. The molecule has 1 aromatic carbocycles. The molecule has 0 unspecified atom stereocenters. The zero-order valence-electron chi connectivity index (χ0n) is 12.2. The van der Waals surface area contributed by atoms with Crippen molar-refractivity contribution in [3.8, 4) is 5.75 Å². The van der Waals surface area contributed by atoms with Gasteiger partial charge in [-0.3, -0.25) is 14.3 Å². The van der Waals surface area contributed by atoms with E-state index in [1.807, 2.05) is 0 Å². The molecule has 0 atom stereocenters. The van der Waals surface area contributed by atoms with Crippen LogP contribution in [0.25, 0.3) is 0 Å². The fourth-order valence-electron chi connectivity index (χ4n) is 1.79. The third-order valence-corrected chi connectivity index (χ3v) is 2.88. The molecule has 1 aromatic heterocycles.